The van der Waals surface area contributed by atoms with E-state index in [4.69, 9.17) is 4.99 Å². The van der Waals surface area contributed by atoms with Gasteiger partial charge in [0.25, 0.3) is 0 Å². The topological polar surface area (TPSA) is 68.8 Å². The zero-order valence-corrected chi connectivity index (χ0v) is 17.5. The Balaban J connectivity index is 1.58. The molecular weight excluding hydrogens is 350 g/mol. The molecule has 1 aromatic carbocycles. The molecule has 3 N–H and O–H groups in total. The van der Waals surface area contributed by atoms with Crippen molar-refractivity contribution in [3.05, 3.63) is 29.8 Å². The van der Waals surface area contributed by atoms with E-state index in [9.17, 15) is 4.79 Å². The molecule has 1 saturated heterocycles. The molecule has 6 nitrogen and oxygen atoms in total. The van der Waals surface area contributed by atoms with Crippen molar-refractivity contribution in [1.29, 1.82) is 0 Å². The Morgan fingerprint density at radius 1 is 1.14 bits per heavy atom. The fraction of sp³-hybridized carbons (Fsp3) is 0.636. The zero-order chi connectivity index (χ0) is 19.9. The van der Waals surface area contributed by atoms with Crippen LogP contribution in [0.25, 0.3) is 0 Å². The Labute approximate surface area is 169 Å². The molecule has 3 rings (SSSR count). The van der Waals surface area contributed by atoms with Crippen molar-refractivity contribution >= 4 is 17.7 Å². The van der Waals surface area contributed by atoms with Crippen molar-refractivity contribution in [2.75, 3.05) is 25.0 Å². The van der Waals surface area contributed by atoms with Gasteiger partial charge in [-0.25, -0.2) is 9.79 Å². The lowest BCUT2D eigenvalue weighted by Crippen LogP contribution is -2.40. The highest BCUT2D eigenvalue weighted by atomic mass is 16.2. The van der Waals surface area contributed by atoms with E-state index in [0.717, 1.165) is 48.7 Å². The molecule has 0 bridgehead atoms. The van der Waals surface area contributed by atoms with E-state index in [1.807, 2.05) is 38.1 Å². The molecule has 1 aromatic rings. The van der Waals surface area contributed by atoms with Gasteiger partial charge in [-0.15, -0.1) is 0 Å². The molecule has 1 aliphatic carbocycles. The summed E-state index contributed by atoms with van der Waals surface area (Å²) in [6, 6.07) is 7.87. The van der Waals surface area contributed by atoms with Gasteiger partial charge in [0.1, 0.15) is 0 Å². The lowest BCUT2D eigenvalue weighted by molar-refractivity contribution is 0.250. The second-order valence-corrected chi connectivity index (χ2v) is 8.33. The molecular formula is C22H35N5O. The molecule has 1 saturated carbocycles. The third-order valence-electron chi connectivity index (χ3n) is 5.65. The van der Waals surface area contributed by atoms with Crippen molar-refractivity contribution in [2.45, 2.75) is 59.0 Å². The number of carbonyl (C=O) groups is 1. The number of urea groups is 1. The average Bonchev–Trinajstić information content (AvgIpc) is 3.09. The maximum Gasteiger partial charge on any atom is 0.319 e. The number of benzene rings is 1. The number of hydrogen-bond acceptors (Lipinski definition) is 2. The van der Waals surface area contributed by atoms with Gasteiger partial charge in [0.05, 0.1) is 6.54 Å². The van der Waals surface area contributed by atoms with Crippen LogP contribution in [0.15, 0.2) is 29.3 Å². The predicted molar refractivity (Wildman–Crippen MR) is 116 cm³/mol. The Kier molecular flexibility index (Phi) is 7.18. The van der Waals surface area contributed by atoms with Gasteiger partial charge in [0.15, 0.2) is 5.96 Å². The molecule has 2 atom stereocenters. The highest BCUT2D eigenvalue weighted by Gasteiger charge is 2.35. The number of nitrogens with one attached hydrogen (secondary N) is 3. The normalized spacial score (nSPS) is 22.1. The van der Waals surface area contributed by atoms with Crippen molar-refractivity contribution in [3.8, 4) is 0 Å². The van der Waals surface area contributed by atoms with E-state index in [2.05, 4.69) is 27.8 Å². The lowest BCUT2D eigenvalue weighted by atomic mass is 9.82. The van der Waals surface area contributed by atoms with Crippen LogP contribution >= 0.6 is 0 Å². The molecule has 2 unspecified atom stereocenters. The molecule has 28 heavy (non-hydrogen) atoms. The Morgan fingerprint density at radius 3 is 2.36 bits per heavy atom. The summed E-state index contributed by atoms with van der Waals surface area (Å²) in [4.78, 5) is 19.1. The quantitative estimate of drug-likeness (QED) is 0.533. The van der Waals surface area contributed by atoms with E-state index in [1.165, 1.54) is 25.7 Å². The SMILES string of the molecule is CCNC(=NCc1ccc(NC(=O)NC(C)C)cc1)N1CC2CCCCC2C1. The van der Waals surface area contributed by atoms with Crippen molar-refractivity contribution in [3.63, 3.8) is 0 Å². The van der Waals surface area contributed by atoms with Crippen LogP contribution in [0.3, 0.4) is 0 Å². The monoisotopic (exact) mass is 385 g/mol. The van der Waals surface area contributed by atoms with Gasteiger partial charge >= 0.3 is 6.03 Å². The summed E-state index contributed by atoms with van der Waals surface area (Å²) in [5.41, 5.74) is 1.93. The third kappa shape index (κ3) is 5.63. The molecule has 0 radical (unpaired) electrons. The lowest BCUT2D eigenvalue weighted by Gasteiger charge is -2.22. The highest BCUT2D eigenvalue weighted by Crippen LogP contribution is 2.36. The predicted octanol–water partition coefficient (Wildman–Crippen LogP) is 3.80. The van der Waals surface area contributed by atoms with Gasteiger partial charge in [-0.1, -0.05) is 25.0 Å². The number of hydrogen-bond donors (Lipinski definition) is 3. The first-order chi connectivity index (χ1) is 13.5. The highest BCUT2D eigenvalue weighted by molar-refractivity contribution is 5.89. The summed E-state index contributed by atoms with van der Waals surface area (Å²) in [7, 11) is 0. The van der Waals surface area contributed by atoms with Gasteiger partial charge in [-0.2, -0.15) is 0 Å². The van der Waals surface area contributed by atoms with Crippen LogP contribution in [0.4, 0.5) is 10.5 Å². The standard InChI is InChI=1S/C22H35N5O/c1-4-23-21(27-14-18-7-5-6-8-19(18)15-27)24-13-17-9-11-20(12-10-17)26-22(28)25-16(2)3/h9-12,16,18-19H,4-8,13-15H2,1-3H3,(H,23,24)(H2,25,26,28). The molecule has 1 aliphatic heterocycles. The number of nitrogens with zero attached hydrogens (tertiary/aromatic N) is 2. The Bertz CT molecular complexity index is 656. The van der Waals surface area contributed by atoms with Gasteiger partial charge in [0.2, 0.25) is 0 Å². The Hall–Kier alpha value is -2.24. The third-order valence-corrected chi connectivity index (χ3v) is 5.65. The van der Waals surface area contributed by atoms with Crippen LogP contribution in [0.5, 0.6) is 0 Å². The first kappa shape index (κ1) is 20.5. The maximum absolute atomic E-state index is 11.8. The fourth-order valence-corrected chi connectivity index (χ4v) is 4.29. The van der Waals surface area contributed by atoms with Crippen LogP contribution in [-0.4, -0.2) is 42.6 Å². The van der Waals surface area contributed by atoms with Crippen LogP contribution < -0.4 is 16.0 Å². The summed E-state index contributed by atoms with van der Waals surface area (Å²) >= 11 is 0. The van der Waals surface area contributed by atoms with Crippen molar-refractivity contribution in [2.24, 2.45) is 16.8 Å². The summed E-state index contributed by atoms with van der Waals surface area (Å²) in [5.74, 6) is 2.73. The van der Waals surface area contributed by atoms with Crippen LogP contribution in [0.2, 0.25) is 0 Å². The molecule has 154 valence electrons. The smallest absolute Gasteiger partial charge is 0.319 e. The molecule has 2 fully saturated rings. The van der Waals surface area contributed by atoms with E-state index in [-0.39, 0.29) is 12.1 Å². The van der Waals surface area contributed by atoms with E-state index >= 15 is 0 Å². The number of rotatable bonds is 5. The summed E-state index contributed by atoms with van der Waals surface area (Å²) < 4.78 is 0. The minimum atomic E-state index is -0.175. The first-order valence-electron chi connectivity index (χ1n) is 10.7. The number of guanidine groups is 1. The second-order valence-electron chi connectivity index (χ2n) is 8.33. The molecule has 2 aliphatic rings. The molecule has 0 aromatic heterocycles. The number of anilines is 1. The maximum atomic E-state index is 11.8. The minimum Gasteiger partial charge on any atom is -0.357 e. The number of likely N-dealkylation sites (tertiary alicyclic amines) is 1. The first-order valence-corrected chi connectivity index (χ1v) is 10.7. The minimum absolute atomic E-state index is 0.118. The fourth-order valence-electron chi connectivity index (χ4n) is 4.29. The summed E-state index contributed by atoms with van der Waals surface area (Å²) in [5, 5.41) is 9.15. The van der Waals surface area contributed by atoms with Gasteiger partial charge in [0, 0.05) is 31.4 Å². The largest absolute Gasteiger partial charge is 0.357 e. The molecule has 0 spiro atoms. The van der Waals surface area contributed by atoms with Gasteiger partial charge in [-0.3, -0.25) is 0 Å². The van der Waals surface area contributed by atoms with E-state index in [1.54, 1.807) is 0 Å². The zero-order valence-electron chi connectivity index (χ0n) is 17.5. The molecule has 1 heterocycles. The van der Waals surface area contributed by atoms with Crippen molar-refractivity contribution in [1.82, 2.24) is 15.5 Å². The number of amides is 2. The van der Waals surface area contributed by atoms with Crippen LogP contribution in [0, 0.1) is 11.8 Å². The average molecular weight is 386 g/mol. The van der Waals surface area contributed by atoms with Crippen LogP contribution in [-0.2, 0) is 6.54 Å². The number of aliphatic imine (C=N–C) groups is 1. The molecule has 6 heteroatoms. The van der Waals surface area contributed by atoms with E-state index in [0.29, 0.717) is 6.54 Å². The molecule has 2 amide bonds. The number of carbonyl (C=O) groups excluding carboxylic acids is 1. The van der Waals surface area contributed by atoms with Gasteiger partial charge in [-0.05, 0) is 63.1 Å². The Morgan fingerprint density at radius 2 is 1.79 bits per heavy atom. The van der Waals surface area contributed by atoms with Gasteiger partial charge < -0.3 is 20.9 Å². The summed E-state index contributed by atoms with van der Waals surface area (Å²) in [6.07, 6.45) is 5.52. The second kappa shape index (κ2) is 9.80. The van der Waals surface area contributed by atoms with Crippen molar-refractivity contribution < 1.29 is 4.79 Å². The van der Waals surface area contributed by atoms with Crippen LogP contribution in [0.1, 0.15) is 52.0 Å². The van der Waals surface area contributed by atoms with E-state index < -0.39 is 0 Å². The number of fused-ring (bicyclic) bond motifs is 1. The summed E-state index contributed by atoms with van der Waals surface area (Å²) in [6.45, 7) is 9.83.